The van der Waals surface area contributed by atoms with E-state index in [9.17, 15) is 4.79 Å². The molecule has 26 heavy (non-hydrogen) atoms. The number of thioether (sulfide) groups is 1. The van der Waals surface area contributed by atoms with E-state index in [-0.39, 0.29) is 35.9 Å². The molecule has 0 aromatic carbocycles. The van der Waals surface area contributed by atoms with Gasteiger partial charge < -0.3 is 20.7 Å². The van der Waals surface area contributed by atoms with E-state index in [2.05, 4.69) is 41.0 Å². The molecule has 8 heteroatoms. The van der Waals surface area contributed by atoms with Gasteiger partial charge >= 0.3 is 6.09 Å². The van der Waals surface area contributed by atoms with Crippen LogP contribution in [0.1, 0.15) is 54.4 Å². The molecule has 1 unspecified atom stereocenters. The van der Waals surface area contributed by atoms with Crippen LogP contribution in [0.3, 0.4) is 0 Å². The van der Waals surface area contributed by atoms with Crippen molar-refractivity contribution in [3.8, 4) is 0 Å². The van der Waals surface area contributed by atoms with Crippen LogP contribution in [0.25, 0.3) is 0 Å². The predicted octanol–water partition coefficient (Wildman–Crippen LogP) is 3.85. The minimum atomic E-state index is -0.498. The SMILES string of the molecule is CCNC(=NCC(NC(=O)OC(C)(C)C)C(C)C)NCCCCSC.I. The number of carbonyl (C=O) groups excluding carboxylic acids is 1. The normalized spacial score (nSPS) is 13.0. The van der Waals surface area contributed by atoms with Crippen LogP contribution in [-0.4, -0.2) is 55.3 Å². The first-order chi connectivity index (χ1) is 11.7. The number of hydrogen-bond donors (Lipinski definition) is 3. The Morgan fingerprint density at radius 3 is 2.35 bits per heavy atom. The molecule has 0 saturated carbocycles. The Morgan fingerprint density at radius 1 is 1.19 bits per heavy atom. The van der Waals surface area contributed by atoms with Crippen LogP contribution in [0, 0.1) is 5.92 Å². The second kappa shape index (κ2) is 15.7. The molecule has 6 nitrogen and oxygen atoms in total. The van der Waals surface area contributed by atoms with Crippen molar-refractivity contribution >= 4 is 47.8 Å². The Kier molecular flexibility index (Phi) is 16.8. The Bertz CT molecular complexity index is 401. The third-order valence-electron chi connectivity index (χ3n) is 3.36. The highest BCUT2D eigenvalue weighted by molar-refractivity contribution is 14.0. The molecule has 1 atom stereocenters. The molecule has 156 valence electrons. The molecular formula is C18H39IN4O2S. The summed E-state index contributed by atoms with van der Waals surface area (Å²) in [4.78, 5) is 16.6. The van der Waals surface area contributed by atoms with E-state index < -0.39 is 11.7 Å². The number of amides is 1. The van der Waals surface area contributed by atoms with E-state index in [1.807, 2.05) is 39.5 Å². The number of hydrogen-bond acceptors (Lipinski definition) is 4. The maximum Gasteiger partial charge on any atom is 0.407 e. The summed E-state index contributed by atoms with van der Waals surface area (Å²) in [6, 6.07) is -0.0678. The first-order valence-corrected chi connectivity index (χ1v) is 10.6. The molecule has 0 aliphatic carbocycles. The van der Waals surface area contributed by atoms with Gasteiger partial charge in [0.15, 0.2) is 5.96 Å². The van der Waals surface area contributed by atoms with Crippen LogP contribution in [-0.2, 0) is 4.74 Å². The number of aliphatic imine (C=N–C) groups is 1. The summed E-state index contributed by atoms with van der Waals surface area (Å²) >= 11 is 1.87. The highest BCUT2D eigenvalue weighted by atomic mass is 127. The number of halogens is 1. The Hall–Kier alpha value is -0.380. The third-order valence-corrected chi connectivity index (χ3v) is 4.06. The average molecular weight is 503 g/mol. The fraction of sp³-hybridized carbons (Fsp3) is 0.889. The minimum absolute atomic E-state index is 0. The summed E-state index contributed by atoms with van der Waals surface area (Å²) in [5.74, 6) is 2.24. The van der Waals surface area contributed by atoms with Crippen LogP contribution in [0.4, 0.5) is 4.79 Å². The Balaban J connectivity index is 0. The molecule has 0 aromatic rings. The molecule has 3 N–H and O–H groups in total. The average Bonchev–Trinajstić information content (AvgIpc) is 2.48. The fourth-order valence-electron chi connectivity index (χ4n) is 1.99. The van der Waals surface area contributed by atoms with Crippen molar-refractivity contribution in [1.82, 2.24) is 16.0 Å². The van der Waals surface area contributed by atoms with Gasteiger partial charge in [0.2, 0.25) is 0 Å². The number of rotatable bonds is 10. The maximum absolute atomic E-state index is 12.0. The van der Waals surface area contributed by atoms with Crippen molar-refractivity contribution < 1.29 is 9.53 Å². The Labute approximate surface area is 181 Å². The van der Waals surface area contributed by atoms with E-state index in [1.54, 1.807) is 0 Å². The van der Waals surface area contributed by atoms with E-state index in [0.717, 1.165) is 25.5 Å². The van der Waals surface area contributed by atoms with Crippen LogP contribution in [0.2, 0.25) is 0 Å². The van der Waals surface area contributed by atoms with Crippen molar-refractivity contribution in [3.63, 3.8) is 0 Å². The lowest BCUT2D eigenvalue weighted by atomic mass is 10.1. The molecule has 0 spiro atoms. The van der Waals surface area contributed by atoms with Gasteiger partial charge in [-0.1, -0.05) is 13.8 Å². The Morgan fingerprint density at radius 2 is 1.85 bits per heavy atom. The zero-order chi connectivity index (χ0) is 19.3. The minimum Gasteiger partial charge on any atom is -0.444 e. The number of ether oxygens (including phenoxy) is 1. The third kappa shape index (κ3) is 15.8. The van der Waals surface area contributed by atoms with Crippen molar-refractivity contribution in [3.05, 3.63) is 0 Å². The second-order valence-electron chi connectivity index (χ2n) is 7.34. The van der Waals surface area contributed by atoms with Crippen molar-refractivity contribution in [2.75, 3.05) is 31.6 Å². The zero-order valence-electron chi connectivity index (χ0n) is 17.5. The van der Waals surface area contributed by atoms with Crippen molar-refractivity contribution in [2.24, 2.45) is 10.9 Å². The van der Waals surface area contributed by atoms with Gasteiger partial charge in [0.1, 0.15) is 5.60 Å². The van der Waals surface area contributed by atoms with Crippen molar-refractivity contribution in [2.45, 2.75) is 66.0 Å². The van der Waals surface area contributed by atoms with E-state index in [4.69, 9.17) is 4.74 Å². The molecule has 0 radical (unpaired) electrons. The molecule has 0 aliphatic heterocycles. The lowest BCUT2D eigenvalue weighted by molar-refractivity contribution is 0.0493. The van der Waals surface area contributed by atoms with E-state index >= 15 is 0 Å². The molecular weight excluding hydrogens is 463 g/mol. The van der Waals surface area contributed by atoms with Crippen molar-refractivity contribution in [1.29, 1.82) is 0 Å². The molecule has 0 heterocycles. The molecule has 0 saturated heterocycles. The predicted molar refractivity (Wildman–Crippen MR) is 125 cm³/mol. The topological polar surface area (TPSA) is 74.8 Å². The molecule has 0 bridgehead atoms. The fourth-order valence-corrected chi connectivity index (χ4v) is 2.48. The van der Waals surface area contributed by atoms with Crippen LogP contribution in [0.15, 0.2) is 4.99 Å². The highest BCUT2D eigenvalue weighted by Gasteiger charge is 2.21. The number of carbonyl (C=O) groups is 1. The first-order valence-electron chi connectivity index (χ1n) is 9.20. The monoisotopic (exact) mass is 502 g/mol. The van der Waals surface area contributed by atoms with Gasteiger partial charge in [-0.2, -0.15) is 11.8 Å². The summed E-state index contributed by atoms with van der Waals surface area (Å²) in [6.45, 7) is 14.0. The zero-order valence-corrected chi connectivity index (χ0v) is 20.6. The van der Waals surface area contributed by atoms with Crippen LogP contribution >= 0.6 is 35.7 Å². The second-order valence-corrected chi connectivity index (χ2v) is 8.33. The first kappa shape index (κ1) is 27.8. The largest absolute Gasteiger partial charge is 0.444 e. The van der Waals surface area contributed by atoms with Gasteiger partial charge in [0, 0.05) is 13.1 Å². The number of guanidine groups is 1. The number of nitrogens with one attached hydrogen (secondary N) is 3. The number of unbranched alkanes of at least 4 members (excludes halogenated alkanes) is 1. The van der Waals surface area contributed by atoms with Crippen LogP contribution in [0.5, 0.6) is 0 Å². The lowest BCUT2D eigenvalue weighted by Crippen LogP contribution is -2.45. The molecule has 1 amide bonds. The van der Waals surface area contributed by atoms with E-state index in [1.165, 1.54) is 12.2 Å². The van der Waals surface area contributed by atoms with Gasteiger partial charge in [0.05, 0.1) is 12.6 Å². The molecule has 0 fully saturated rings. The van der Waals surface area contributed by atoms with Gasteiger partial charge in [-0.15, -0.1) is 24.0 Å². The summed E-state index contributed by atoms with van der Waals surface area (Å²) in [5.41, 5.74) is -0.498. The molecule has 0 rings (SSSR count). The van der Waals surface area contributed by atoms with E-state index in [0.29, 0.717) is 6.54 Å². The summed E-state index contributed by atoms with van der Waals surface area (Å²) in [5, 5.41) is 9.53. The molecule has 0 aliphatic rings. The van der Waals surface area contributed by atoms with Gasteiger partial charge in [-0.05, 0) is 58.5 Å². The number of nitrogens with zero attached hydrogens (tertiary/aromatic N) is 1. The van der Waals surface area contributed by atoms with Gasteiger partial charge in [-0.25, -0.2) is 4.79 Å². The van der Waals surface area contributed by atoms with Crippen LogP contribution < -0.4 is 16.0 Å². The highest BCUT2D eigenvalue weighted by Crippen LogP contribution is 2.09. The number of alkyl carbamates (subject to hydrolysis) is 1. The summed E-state index contributed by atoms with van der Waals surface area (Å²) in [7, 11) is 0. The molecule has 0 aromatic heterocycles. The summed E-state index contributed by atoms with van der Waals surface area (Å²) < 4.78 is 5.34. The lowest BCUT2D eigenvalue weighted by Gasteiger charge is -2.25. The summed E-state index contributed by atoms with van der Waals surface area (Å²) in [6.07, 6.45) is 4.05. The van der Waals surface area contributed by atoms with Gasteiger partial charge in [0.25, 0.3) is 0 Å². The van der Waals surface area contributed by atoms with Gasteiger partial charge in [-0.3, -0.25) is 4.99 Å². The standard InChI is InChI=1S/C18H38N4O2S.HI/c1-8-19-16(20-11-9-10-12-25-7)21-13-15(14(2)3)22-17(23)24-18(4,5)6;/h14-15H,8-13H2,1-7H3,(H,22,23)(H2,19,20,21);1H. The quantitative estimate of drug-likeness (QED) is 0.183. The maximum atomic E-state index is 12.0. The smallest absolute Gasteiger partial charge is 0.407 e.